The van der Waals surface area contributed by atoms with Gasteiger partial charge in [-0.3, -0.25) is 0 Å². The molecule has 1 aromatic heterocycles. The molecule has 1 rings (SSSR count). The van der Waals surface area contributed by atoms with Crippen LogP contribution in [0.2, 0.25) is 0 Å². The van der Waals surface area contributed by atoms with Gasteiger partial charge in [0.1, 0.15) is 5.82 Å². The number of aryl methyl sites for hydroxylation is 1. The average Bonchev–Trinajstić information content (AvgIpc) is 2.17. The van der Waals surface area contributed by atoms with Crippen molar-refractivity contribution in [2.45, 2.75) is 32.7 Å². The maximum absolute atomic E-state index is 8.84. The molecule has 0 saturated carbocycles. The van der Waals surface area contributed by atoms with Crippen molar-refractivity contribution < 1.29 is 5.11 Å². The molecule has 0 radical (unpaired) electrons. The topological polar surface area (TPSA) is 45.1 Å². The van der Waals surface area contributed by atoms with Crippen LogP contribution in [-0.4, -0.2) is 22.7 Å². The molecule has 78 valence electrons. The minimum Gasteiger partial charge on any atom is -0.396 e. The van der Waals surface area contributed by atoms with E-state index in [-0.39, 0.29) is 6.61 Å². The molecule has 1 heterocycles. The fourth-order valence-electron chi connectivity index (χ4n) is 1.37. The number of aliphatic hydroxyl groups is 1. The molecule has 0 fully saturated rings. The molecule has 1 aromatic rings. The monoisotopic (exact) mass is 194 g/mol. The van der Waals surface area contributed by atoms with Crippen LogP contribution in [0.5, 0.6) is 0 Å². The number of aliphatic hydroxyl groups excluding tert-OH is 1. The summed E-state index contributed by atoms with van der Waals surface area (Å²) in [4.78, 5) is 4.35. The summed E-state index contributed by atoms with van der Waals surface area (Å²) < 4.78 is 0. The van der Waals surface area contributed by atoms with E-state index in [1.165, 1.54) is 0 Å². The highest BCUT2D eigenvalue weighted by atomic mass is 16.3. The molecule has 14 heavy (non-hydrogen) atoms. The molecule has 0 aliphatic rings. The van der Waals surface area contributed by atoms with Crippen molar-refractivity contribution in [1.82, 2.24) is 4.98 Å². The van der Waals surface area contributed by atoms with E-state index >= 15 is 0 Å². The lowest BCUT2D eigenvalue weighted by atomic mass is 10.1. The third kappa shape index (κ3) is 3.34. The van der Waals surface area contributed by atoms with E-state index < -0.39 is 0 Å². The molecule has 3 heteroatoms. The number of aromatic nitrogens is 1. The molecule has 0 aromatic carbocycles. The van der Waals surface area contributed by atoms with Gasteiger partial charge in [-0.2, -0.15) is 0 Å². The minimum atomic E-state index is 0.220. The van der Waals surface area contributed by atoms with Gasteiger partial charge >= 0.3 is 0 Å². The summed E-state index contributed by atoms with van der Waals surface area (Å²) in [6.07, 6.45) is 1.77. The van der Waals surface area contributed by atoms with Crippen molar-refractivity contribution in [3.8, 4) is 0 Å². The molecule has 0 aliphatic heterocycles. The van der Waals surface area contributed by atoms with Crippen LogP contribution in [0.1, 0.15) is 25.5 Å². The zero-order valence-corrected chi connectivity index (χ0v) is 8.83. The first kappa shape index (κ1) is 11.0. The van der Waals surface area contributed by atoms with Crippen LogP contribution in [0, 0.1) is 6.92 Å². The standard InChI is InChI=1S/C11H18N2O/c1-3-10(7-8-14)13-11-6-4-5-9(2)12-11/h4-6,10,14H,3,7-8H2,1-2H3,(H,12,13). The van der Waals surface area contributed by atoms with E-state index in [4.69, 9.17) is 5.11 Å². The lowest BCUT2D eigenvalue weighted by molar-refractivity contribution is 0.278. The predicted octanol–water partition coefficient (Wildman–Crippen LogP) is 1.96. The first-order valence-corrected chi connectivity index (χ1v) is 5.07. The second kappa shape index (κ2) is 5.60. The lowest BCUT2D eigenvalue weighted by Gasteiger charge is -2.16. The van der Waals surface area contributed by atoms with Crippen molar-refractivity contribution in [2.24, 2.45) is 0 Å². The quantitative estimate of drug-likeness (QED) is 0.753. The molecule has 0 amide bonds. The van der Waals surface area contributed by atoms with E-state index in [9.17, 15) is 0 Å². The largest absolute Gasteiger partial charge is 0.396 e. The van der Waals surface area contributed by atoms with Gasteiger partial charge in [-0.25, -0.2) is 4.98 Å². The Morgan fingerprint density at radius 1 is 1.50 bits per heavy atom. The van der Waals surface area contributed by atoms with Crippen LogP contribution in [-0.2, 0) is 0 Å². The Labute approximate surface area is 85.2 Å². The van der Waals surface area contributed by atoms with Gasteiger partial charge in [-0.15, -0.1) is 0 Å². The highest BCUT2D eigenvalue weighted by molar-refractivity contribution is 5.36. The molecule has 3 nitrogen and oxygen atoms in total. The van der Waals surface area contributed by atoms with Crippen LogP contribution in [0.4, 0.5) is 5.82 Å². The van der Waals surface area contributed by atoms with Crippen molar-refractivity contribution in [2.75, 3.05) is 11.9 Å². The van der Waals surface area contributed by atoms with Crippen molar-refractivity contribution in [3.63, 3.8) is 0 Å². The van der Waals surface area contributed by atoms with Crippen LogP contribution in [0.15, 0.2) is 18.2 Å². The summed E-state index contributed by atoms with van der Waals surface area (Å²) in [5.74, 6) is 0.894. The maximum atomic E-state index is 8.84. The summed E-state index contributed by atoms with van der Waals surface area (Å²) in [5.41, 5.74) is 1.01. The van der Waals surface area contributed by atoms with Crippen LogP contribution >= 0.6 is 0 Å². The molecule has 2 N–H and O–H groups in total. The Hall–Kier alpha value is -1.09. The Kier molecular flexibility index (Phi) is 4.40. The van der Waals surface area contributed by atoms with Gasteiger partial charge < -0.3 is 10.4 Å². The zero-order chi connectivity index (χ0) is 10.4. The fraction of sp³-hybridized carbons (Fsp3) is 0.545. The van der Waals surface area contributed by atoms with E-state index in [0.29, 0.717) is 6.04 Å². The van der Waals surface area contributed by atoms with E-state index in [1.54, 1.807) is 0 Å². The van der Waals surface area contributed by atoms with Gasteiger partial charge in [0.15, 0.2) is 0 Å². The first-order valence-electron chi connectivity index (χ1n) is 5.07. The Morgan fingerprint density at radius 3 is 2.86 bits per heavy atom. The summed E-state index contributed by atoms with van der Waals surface area (Å²) in [5, 5.41) is 12.1. The van der Waals surface area contributed by atoms with E-state index in [2.05, 4.69) is 17.2 Å². The zero-order valence-electron chi connectivity index (χ0n) is 8.83. The summed E-state index contributed by atoms with van der Waals surface area (Å²) in [6.45, 7) is 4.29. The third-order valence-electron chi connectivity index (χ3n) is 2.21. The number of rotatable bonds is 5. The SMILES string of the molecule is CCC(CCO)Nc1cccc(C)n1. The summed E-state index contributed by atoms with van der Waals surface area (Å²) in [7, 11) is 0. The van der Waals surface area contributed by atoms with Gasteiger partial charge in [0.25, 0.3) is 0 Å². The fourth-order valence-corrected chi connectivity index (χ4v) is 1.37. The van der Waals surface area contributed by atoms with Gasteiger partial charge in [-0.05, 0) is 31.9 Å². The molecular formula is C11H18N2O. The number of anilines is 1. The van der Waals surface area contributed by atoms with Gasteiger partial charge in [0.05, 0.1) is 0 Å². The summed E-state index contributed by atoms with van der Waals surface area (Å²) >= 11 is 0. The minimum absolute atomic E-state index is 0.220. The van der Waals surface area contributed by atoms with Crippen LogP contribution < -0.4 is 5.32 Å². The van der Waals surface area contributed by atoms with Crippen LogP contribution in [0.25, 0.3) is 0 Å². The Balaban J connectivity index is 2.57. The first-order chi connectivity index (χ1) is 6.76. The molecular weight excluding hydrogens is 176 g/mol. The lowest BCUT2D eigenvalue weighted by Crippen LogP contribution is -2.20. The number of nitrogens with zero attached hydrogens (tertiary/aromatic N) is 1. The Bertz CT molecular complexity index is 276. The number of hydrogen-bond donors (Lipinski definition) is 2. The normalized spacial score (nSPS) is 12.5. The average molecular weight is 194 g/mol. The highest BCUT2D eigenvalue weighted by Gasteiger charge is 2.05. The summed E-state index contributed by atoms with van der Waals surface area (Å²) in [6, 6.07) is 6.22. The second-order valence-corrected chi connectivity index (χ2v) is 3.43. The van der Waals surface area contributed by atoms with Gasteiger partial charge in [0.2, 0.25) is 0 Å². The van der Waals surface area contributed by atoms with Crippen molar-refractivity contribution in [3.05, 3.63) is 23.9 Å². The van der Waals surface area contributed by atoms with Crippen LogP contribution in [0.3, 0.4) is 0 Å². The molecule has 0 saturated heterocycles. The molecule has 0 spiro atoms. The smallest absolute Gasteiger partial charge is 0.126 e. The highest BCUT2D eigenvalue weighted by Crippen LogP contribution is 2.09. The Morgan fingerprint density at radius 2 is 2.29 bits per heavy atom. The molecule has 0 aliphatic carbocycles. The van der Waals surface area contributed by atoms with Crippen molar-refractivity contribution >= 4 is 5.82 Å². The number of nitrogens with one attached hydrogen (secondary N) is 1. The van der Waals surface area contributed by atoms with Crippen molar-refractivity contribution in [1.29, 1.82) is 0 Å². The van der Waals surface area contributed by atoms with E-state index in [1.807, 2.05) is 25.1 Å². The predicted molar refractivity (Wildman–Crippen MR) is 58.4 cm³/mol. The van der Waals surface area contributed by atoms with E-state index in [0.717, 1.165) is 24.4 Å². The van der Waals surface area contributed by atoms with Gasteiger partial charge in [-0.1, -0.05) is 13.0 Å². The number of pyridine rings is 1. The number of hydrogen-bond acceptors (Lipinski definition) is 3. The third-order valence-corrected chi connectivity index (χ3v) is 2.21. The second-order valence-electron chi connectivity index (χ2n) is 3.43. The maximum Gasteiger partial charge on any atom is 0.126 e. The molecule has 1 atom stereocenters. The van der Waals surface area contributed by atoms with Gasteiger partial charge in [0, 0.05) is 18.3 Å². The molecule has 0 bridgehead atoms. The molecule has 1 unspecified atom stereocenters.